The molecule has 0 aromatic rings. The molecule has 3 aliphatic rings. The second-order valence-electron chi connectivity index (χ2n) is 8.94. The average molecular weight is 620 g/mol. The molecular weight excluding hydrogens is 587 g/mol. The highest BCUT2D eigenvalue weighted by Crippen LogP contribution is 2.37. The summed E-state index contributed by atoms with van der Waals surface area (Å²) in [5, 5.41) is 101. The standard InChI is InChI=1S/C18H33O19P/c19-1-4-7(21)11(25)15(16(28)33-4)37-18-13(27)14(9(23)5(2-20)34-18)36-17-12(26)10(24)8(22)6(35-17)3-32-38(29,30)31/h4-28H,1-3H2,(H2,29,30,31)/t4-,5-,6-,7-,8-,9-,10+,11+,12+,13+,14+,15+,16?,17-,18-/m1/s1/i1+2,2+2,3+2,4+2,5+2,6+2,7+2,8+2,9+2,10+2,11+2,12+2,13+2,14+2,15+2,16+2,17+2,18+2. The Hall–Kier alpha value is -0.490. The molecule has 0 spiro atoms. The van der Waals surface area contributed by atoms with Gasteiger partial charge in [0.1, 0.15) is 73.2 Å². The summed E-state index contributed by atoms with van der Waals surface area (Å²) < 4.78 is 41.4. The zero-order valence-corrected chi connectivity index (χ0v) is 20.3. The molecule has 0 radical (unpaired) electrons. The van der Waals surface area contributed by atoms with E-state index in [4.69, 9.17) is 33.5 Å². The minimum atomic E-state index is -5.03. The lowest BCUT2D eigenvalue weighted by atomic mass is 11.8. The van der Waals surface area contributed by atoms with Crippen LogP contribution in [0.4, 0.5) is 0 Å². The van der Waals surface area contributed by atoms with Gasteiger partial charge in [0.25, 0.3) is 0 Å². The van der Waals surface area contributed by atoms with Gasteiger partial charge in [-0.25, -0.2) is 4.57 Å². The van der Waals surface area contributed by atoms with Crippen molar-refractivity contribution in [3.05, 3.63) is 0 Å². The Morgan fingerprint density at radius 3 is 1.66 bits per heavy atom. The highest BCUT2D eigenvalue weighted by molar-refractivity contribution is 7.46. The largest absolute Gasteiger partial charge is 0.469 e. The second-order valence-corrected chi connectivity index (χ2v) is 10.2. The number of hydrogen-bond donors (Lipinski definition) is 12. The van der Waals surface area contributed by atoms with Crippen LogP contribution in [0.5, 0.6) is 0 Å². The molecule has 15 atom stereocenters. The predicted molar refractivity (Wildman–Crippen MR) is 112 cm³/mol. The van der Waals surface area contributed by atoms with Crippen LogP contribution in [0.1, 0.15) is 0 Å². The molecule has 20 heteroatoms. The molecule has 224 valence electrons. The van der Waals surface area contributed by atoms with Crippen molar-refractivity contribution < 1.29 is 93.6 Å². The SMILES string of the molecule is O=P(O)(O)O[14CH2][14C@H]1O[14C@H](O[14C@@H]2[14C@H](O)[14C@@H](O[14C@@H]3[14CH](O)O[14C@H]([14CH2]O)[14C@@H](O)[14C@@H]3O)O[14C@H]([14CH2]O)[14C@H]2O)[14C@@H](O)[14C@@H](O)[14C@@H]1O. The van der Waals surface area contributed by atoms with E-state index in [9.17, 15) is 55.6 Å². The van der Waals surface area contributed by atoms with Crippen LogP contribution in [-0.4, -0.2) is 173 Å². The Morgan fingerprint density at radius 2 is 1.08 bits per heavy atom. The Kier molecular flexibility index (Phi) is 11.0. The summed E-state index contributed by atoms with van der Waals surface area (Å²) >= 11 is 0. The maximum Gasteiger partial charge on any atom is 0.469 e. The van der Waals surface area contributed by atoms with Crippen LogP contribution >= 0.6 is 7.82 Å². The van der Waals surface area contributed by atoms with Crippen molar-refractivity contribution in [1.82, 2.24) is 0 Å². The first-order valence-electron chi connectivity index (χ1n) is 11.3. The Balaban J connectivity index is 1.76. The summed E-state index contributed by atoms with van der Waals surface area (Å²) in [6.07, 6.45) is -27.3. The van der Waals surface area contributed by atoms with Crippen LogP contribution in [-0.2, 0) is 32.8 Å². The lowest BCUT2D eigenvalue weighted by Crippen LogP contribution is -2.66. The van der Waals surface area contributed by atoms with Crippen molar-refractivity contribution in [3.8, 4) is 0 Å². The number of aliphatic hydroxyl groups excluding tert-OH is 10. The summed E-state index contributed by atoms with van der Waals surface area (Å²) in [5.74, 6) is 0. The molecule has 3 saturated heterocycles. The molecule has 0 aromatic carbocycles. The van der Waals surface area contributed by atoms with Gasteiger partial charge in [0.2, 0.25) is 0 Å². The number of phosphoric ester groups is 1. The molecule has 0 aromatic heterocycles. The van der Waals surface area contributed by atoms with Gasteiger partial charge in [-0.15, -0.1) is 0 Å². The summed E-state index contributed by atoms with van der Waals surface area (Å²) in [5.41, 5.74) is 0. The monoisotopic (exact) mass is 620 g/mol. The van der Waals surface area contributed by atoms with Crippen LogP contribution in [0, 0.1) is 0 Å². The number of phosphoric acid groups is 1. The van der Waals surface area contributed by atoms with Crippen molar-refractivity contribution >= 4 is 7.82 Å². The number of hydrogen-bond acceptors (Lipinski definition) is 17. The molecule has 3 heterocycles. The Morgan fingerprint density at radius 1 is 0.579 bits per heavy atom. The Bertz CT molecular complexity index is 800. The minimum absolute atomic E-state index is 0.760. The zero-order chi connectivity index (χ0) is 28.5. The van der Waals surface area contributed by atoms with Gasteiger partial charge in [-0.2, -0.15) is 0 Å². The first kappa shape index (κ1) is 32.0. The third kappa shape index (κ3) is 7.04. The second kappa shape index (κ2) is 13.0. The zero-order valence-electron chi connectivity index (χ0n) is 19.5. The first-order chi connectivity index (χ1) is 17.7. The molecule has 0 amide bonds. The van der Waals surface area contributed by atoms with Crippen LogP contribution in [0.3, 0.4) is 0 Å². The van der Waals surface area contributed by atoms with E-state index in [0.717, 1.165) is 0 Å². The van der Waals surface area contributed by atoms with Gasteiger partial charge >= 0.3 is 7.82 Å². The molecule has 0 aliphatic carbocycles. The third-order valence-electron chi connectivity index (χ3n) is 6.32. The van der Waals surface area contributed by atoms with Gasteiger partial charge in [-0.1, -0.05) is 0 Å². The van der Waals surface area contributed by atoms with E-state index < -0.39 is 120 Å². The lowest BCUT2D eigenvalue weighted by Gasteiger charge is -2.47. The van der Waals surface area contributed by atoms with E-state index >= 15 is 0 Å². The number of rotatable bonds is 9. The van der Waals surface area contributed by atoms with Crippen LogP contribution in [0.2, 0.25) is 0 Å². The van der Waals surface area contributed by atoms with Gasteiger partial charge < -0.3 is 84.5 Å². The average Bonchev–Trinajstić information content (AvgIpc) is 2.86. The van der Waals surface area contributed by atoms with Crippen molar-refractivity contribution in [2.24, 2.45) is 0 Å². The smallest absolute Gasteiger partial charge is 0.394 e. The van der Waals surface area contributed by atoms with E-state index in [0.29, 0.717) is 0 Å². The molecule has 3 rings (SSSR count). The van der Waals surface area contributed by atoms with E-state index in [2.05, 4.69) is 4.52 Å². The van der Waals surface area contributed by atoms with E-state index in [1.807, 2.05) is 0 Å². The van der Waals surface area contributed by atoms with Crippen molar-refractivity contribution in [2.75, 3.05) is 19.8 Å². The Labute approximate surface area is 214 Å². The number of aliphatic hydroxyl groups is 10. The summed E-state index contributed by atoms with van der Waals surface area (Å²) in [4.78, 5) is 17.7. The quantitative estimate of drug-likeness (QED) is 0.107. The molecule has 3 aliphatic heterocycles. The van der Waals surface area contributed by atoms with Gasteiger partial charge in [-0.05, 0) is 0 Å². The molecule has 0 bridgehead atoms. The van der Waals surface area contributed by atoms with Crippen molar-refractivity contribution in [1.29, 1.82) is 0 Å². The van der Waals surface area contributed by atoms with Crippen LogP contribution in [0.15, 0.2) is 0 Å². The highest BCUT2D eigenvalue weighted by Gasteiger charge is 2.53. The molecular formula is C18H33O19P. The topological polar surface area (TPSA) is 315 Å². The fourth-order valence-corrected chi connectivity index (χ4v) is 4.53. The highest BCUT2D eigenvalue weighted by atomic mass is 31.2. The van der Waals surface area contributed by atoms with Crippen molar-refractivity contribution in [2.45, 2.75) is 92.1 Å². The molecule has 1 unspecified atom stereocenters. The molecule has 12 N–H and O–H groups in total. The maximum atomic E-state index is 11.0. The summed E-state index contributed by atoms with van der Waals surface area (Å²) in [7, 11) is -5.03. The summed E-state index contributed by atoms with van der Waals surface area (Å²) in [6.45, 7) is -2.61. The normalized spacial score (nSPS) is 48.7. The third-order valence-corrected chi connectivity index (χ3v) is 6.81. The van der Waals surface area contributed by atoms with Crippen molar-refractivity contribution in [3.63, 3.8) is 0 Å². The van der Waals surface area contributed by atoms with E-state index in [-0.39, 0.29) is 0 Å². The molecule has 19 nitrogen and oxygen atoms in total. The van der Waals surface area contributed by atoms with E-state index in [1.54, 1.807) is 0 Å². The van der Waals surface area contributed by atoms with Gasteiger partial charge in [0, 0.05) is 0 Å². The van der Waals surface area contributed by atoms with Crippen LogP contribution in [0.25, 0.3) is 0 Å². The lowest BCUT2D eigenvalue weighted by molar-refractivity contribution is -0.382. The summed E-state index contributed by atoms with van der Waals surface area (Å²) in [6, 6.07) is 0. The van der Waals surface area contributed by atoms with E-state index in [1.165, 1.54) is 0 Å². The minimum Gasteiger partial charge on any atom is -0.394 e. The fourth-order valence-electron chi connectivity index (χ4n) is 4.19. The first-order valence-corrected chi connectivity index (χ1v) is 12.9. The maximum absolute atomic E-state index is 11.0. The molecule has 0 saturated carbocycles. The molecule has 3 fully saturated rings. The van der Waals surface area contributed by atoms with Gasteiger partial charge in [0.15, 0.2) is 18.9 Å². The fraction of sp³-hybridized carbons (Fsp3) is 1.00. The number of ether oxygens (including phenoxy) is 5. The molecule has 38 heavy (non-hydrogen) atoms. The van der Waals surface area contributed by atoms with Gasteiger partial charge in [0.05, 0.1) is 19.8 Å². The predicted octanol–water partition coefficient (Wildman–Crippen LogP) is -7.46. The van der Waals surface area contributed by atoms with Crippen LogP contribution < -0.4 is 0 Å². The van der Waals surface area contributed by atoms with Gasteiger partial charge in [-0.3, -0.25) is 4.52 Å².